The molecule has 3 aliphatic heterocycles. The van der Waals surface area contributed by atoms with E-state index in [4.69, 9.17) is 36.9 Å². The fourth-order valence-electron chi connectivity index (χ4n) is 14.0. The molecule has 0 atom stereocenters. The van der Waals surface area contributed by atoms with Crippen molar-refractivity contribution in [2.24, 2.45) is 0 Å². The minimum absolute atomic E-state index is 0. The maximum Gasteiger partial charge on any atom is 0.224 e. The summed E-state index contributed by atoms with van der Waals surface area (Å²) in [7, 11) is 17.3. The normalized spacial score (nSPS) is 11.0. The number of carbonyl (C=O) groups is 3. The lowest BCUT2D eigenvalue weighted by Gasteiger charge is -2.18. The molecule has 3 amide bonds. The van der Waals surface area contributed by atoms with Gasteiger partial charge in [0.15, 0.2) is 0 Å². The minimum atomic E-state index is -0.0262. The molecule has 0 bridgehead atoms. The number of methoxy groups -OCH3 is 3. The summed E-state index contributed by atoms with van der Waals surface area (Å²) < 4.78 is 53.6. The van der Waals surface area contributed by atoms with Crippen LogP contribution in [0.4, 0.5) is 17.1 Å². The second-order valence-corrected chi connectivity index (χ2v) is 28.3. The number of amides is 3. The molecule has 0 unspecified atom stereocenters. The lowest BCUT2D eigenvalue weighted by Crippen LogP contribution is -2.26. The summed E-state index contributed by atoms with van der Waals surface area (Å²) >= 11 is 0. The van der Waals surface area contributed by atoms with E-state index in [2.05, 4.69) is 209 Å². The standard InChI is InChI=1S/C33H41N3O5.C31H37N3O3.C27H28N2O3.CH4/c1-7-31(37)35-13-15-40-17-16-39-14-12-34-25-8-10-27-29(20-25)41-30-21-26(36(4)5)9-11-28(30)32(27)24-18-22(2)33(38-6)23(3)19-24;1-7-29(35)33-15-9-8-14-32-23-10-12-25-27(18-23)37-28-19-24(34(4)5)11-13-26(28)30(25)22-16-20(2)31(36-6)21(3)17-22;1-7-25(30)28-19-8-10-21-23(14-19)32-24-15-20(29(4)5)9-11-22(24)26(21)18-12-16(2)27(31-6)17(3)13-18;/h8-11,18-21H,7,12-17H2,1-6H3,(H,35,37);10-13,16-19H,7-9,14-15H2,1-6H3,(H,33,35);8-15H,7H2,1-6H3;1H4/p+3. The van der Waals surface area contributed by atoms with Crippen LogP contribution in [0.15, 0.2) is 159 Å². The van der Waals surface area contributed by atoms with Gasteiger partial charge in [0.25, 0.3) is 0 Å². The first-order valence-electron chi connectivity index (χ1n) is 37.9. The number of fused-ring (bicyclic) bond motifs is 6. The van der Waals surface area contributed by atoms with Gasteiger partial charge in [0, 0.05) is 148 Å². The van der Waals surface area contributed by atoms with Crippen molar-refractivity contribution >= 4 is 67.7 Å². The second-order valence-electron chi connectivity index (χ2n) is 28.3. The van der Waals surface area contributed by atoms with Crippen LogP contribution < -0.4 is 70.6 Å². The lowest BCUT2D eigenvalue weighted by atomic mass is 9.91. The van der Waals surface area contributed by atoms with Crippen LogP contribution in [0.25, 0.3) is 100 Å². The van der Waals surface area contributed by atoms with Gasteiger partial charge >= 0.3 is 0 Å². The van der Waals surface area contributed by atoms with E-state index in [0.717, 1.165) is 203 Å². The fourth-order valence-corrected chi connectivity index (χ4v) is 14.0. The smallest absolute Gasteiger partial charge is 0.224 e. The molecule has 19 nitrogen and oxygen atoms in total. The van der Waals surface area contributed by atoms with Crippen LogP contribution in [0.1, 0.15) is 93.7 Å². The number of nitrogens with one attached hydrogen (secondary N) is 5. The van der Waals surface area contributed by atoms with Crippen molar-refractivity contribution in [3.8, 4) is 84.6 Å². The molecule has 0 saturated heterocycles. The van der Waals surface area contributed by atoms with Crippen LogP contribution in [0, 0.1) is 41.5 Å². The SMILES string of the molecule is C.CCC(=O)NCCCCNc1ccc2c(-c3cc(C)c(OC)c(C)c3)c3ccc(=[N+](C)C)cc-3oc2c1.CCC(=O)NCCOCCOCCNc1ccc2c(-c3cc(C)c(OC)c(C)c3)c3ccc(=[N+](C)C)cc-3oc2c1.CCC(=O)Nc1ccc2c(-c3cc(C)c(OC)c(C)c3)c3ccc(=[N+](C)C)cc-3oc2c1. The minimum Gasteiger partial charge on any atom is -0.496 e. The molecule has 0 radical (unpaired) electrons. The predicted molar refractivity (Wildman–Crippen MR) is 454 cm³/mol. The maximum absolute atomic E-state index is 11.9. The van der Waals surface area contributed by atoms with E-state index in [9.17, 15) is 14.4 Å². The molecule has 5 N–H and O–H groups in total. The zero-order chi connectivity index (χ0) is 78.9. The molecule has 0 fully saturated rings. The molecule has 3 heterocycles. The van der Waals surface area contributed by atoms with Gasteiger partial charge in [0.2, 0.25) is 33.8 Å². The van der Waals surface area contributed by atoms with E-state index < -0.39 is 0 Å². The highest BCUT2D eigenvalue weighted by Crippen LogP contribution is 2.46. The van der Waals surface area contributed by atoms with E-state index in [1.165, 1.54) is 0 Å². The van der Waals surface area contributed by atoms with Gasteiger partial charge in [-0.1, -0.05) is 28.2 Å². The molecule has 6 aromatic rings. The zero-order valence-corrected chi connectivity index (χ0v) is 67.4. The Hall–Kier alpha value is -11.3. The average Bonchev–Trinajstić information content (AvgIpc) is 0.761. The van der Waals surface area contributed by atoms with Crippen molar-refractivity contribution in [1.29, 1.82) is 0 Å². The Kier molecular flexibility index (Phi) is 29.3. The Balaban J connectivity index is 0.000000192. The number of hydrogen-bond acceptors (Lipinski definition) is 13. The summed E-state index contributed by atoms with van der Waals surface area (Å²) in [5, 5.41) is 21.9. The number of rotatable bonds is 26. The number of ether oxygens (including phenoxy) is 5. The van der Waals surface area contributed by atoms with Gasteiger partial charge in [-0.3, -0.25) is 14.4 Å². The summed E-state index contributed by atoms with van der Waals surface area (Å²) in [4.78, 5) is 34.5. The van der Waals surface area contributed by atoms with Gasteiger partial charge in [-0.15, -0.1) is 0 Å². The van der Waals surface area contributed by atoms with E-state index >= 15 is 0 Å². The Morgan fingerprint density at radius 3 is 1.02 bits per heavy atom. The molecule has 19 heteroatoms. The van der Waals surface area contributed by atoms with Crippen LogP contribution >= 0.6 is 0 Å². The van der Waals surface area contributed by atoms with E-state index in [-0.39, 0.29) is 25.1 Å². The lowest BCUT2D eigenvalue weighted by molar-refractivity contribution is -0.121. The van der Waals surface area contributed by atoms with Crippen molar-refractivity contribution < 1.29 is 51.3 Å². The van der Waals surface area contributed by atoms with Gasteiger partial charge in [-0.2, -0.15) is 0 Å². The van der Waals surface area contributed by atoms with Gasteiger partial charge in [0.1, 0.15) is 93.6 Å². The van der Waals surface area contributed by atoms with Crippen molar-refractivity contribution in [3.05, 3.63) is 195 Å². The predicted octanol–water partition coefficient (Wildman–Crippen LogP) is 16.3. The highest BCUT2D eigenvalue weighted by molar-refractivity contribution is 6.06. The molecule has 0 aromatic heterocycles. The van der Waals surface area contributed by atoms with Crippen LogP contribution in [-0.2, 0) is 23.9 Å². The third-order valence-corrected chi connectivity index (χ3v) is 19.5. The third kappa shape index (κ3) is 20.4. The quantitative estimate of drug-likeness (QED) is 0.0195. The number of hydrogen-bond donors (Lipinski definition) is 5. The highest BCUT2D eigenvalue weighted by Gasteiger charge is 2.24. The van der Waals surface area contributed by atoms with Gasteiger partial charge in [-0.25, -0.2) is 13.7 Å². The second kappa shape index (κ2) is 38.9. The number of carbonyl (C=O) groups excluding carboxylic acids is 3. The molecule has 111 heavy (non-hydrogen) atoms. The molecule has 6 aliphatic rings. The number of aryl methyl sites for hydroxylation is 6. The van der Waals surface area contributed by atoms with Crippen molar-refractivity contribution in [3.63, 3.8) is 0 Å². The molecule has 0 spiro atoms. The zero-order valence-electron chi connectivity index (χ0n) is 67.4. The number of nitrogens with zero attached hydrogens (tertiary/aromatic N) is 3. The molecular weight excluding hydrogens is 1390 g/mol. The van der Waals surface area contributed by atoms with Gasteiger partial charge < -0.3 is 63.5 Å². The number of benzene rings is 9. The Labute approximate surface area is 653 Å². The Morgan fingerprint density at radius 1 is 0.360 bits per heavy atom. The highest BCUT2D eigenvalue weighted by atomic mass is 16.5. The molecule has 12 rings (SSSR count). The van der Waals surface area contributed by atoms with Crippen LogP contribution in [-0.4, -0.2) is 134 Å². The average molecular weight is 1510 g/mol. The summed E-state index contributed by atoms with van der Waals surface area (Å²) in [5.74, 6) is 5.33. The first-order chi connectivity index (χ1) is 52.9. The van der Waals surface area contributed by atoms with Crippen LogP contribution in [0.3, 0.4) is 0 Å². The first-order valence-corrected chi connectivity index (χ1v) is 37.9. The molecular formula is C92H113N8O11+3. The third-order valence-electron chi connectivity index (χ3n) is 19.5. The largest absolute Gasteiger partial charge is 0.496 e. The summed E-state index contributed by atoms with van der Waals surface area (Å²) in [6, 6.07) is 50.6. The van der Waals surface area contributed by atoms with Gasteiger partial charge in [-0.05, 0) is 195 Å². The maximum atomic E-state index is 11.9. The van der Waals surface area contributed by atoms with E-state index in [1.54, 1.807) is 21.3 Å². The number of anilines is 3. The Bertz CT molecular complexity index is 5370. The molecule has 584 valence electrons. The summed E-state index contributed by atoms with van der Waals surface area (Å²) in [6.45, 7) is 22.7. The monoisotopic (exact) mass is 1510 g/mol. The summed E-state index contributed by atoms with van der Waals surface area (Å²) in [5.41, 5.74) is 21.6. The molecule has 6 aromatic carbocycles. The van der Waals surface area contributed by atoms with Crippen LogP contribution in [0.2, 0.25) is 0 Å². The van der Waals surface area contributed by atoms with Crippen molar-refractivity contribution in [1.82, 2.24) is 24.4 Å². The number of unbranched alkanes of at least 4 members (excludes halogenated alkanes) is 1. The van der Waals surface area contributed by atoms with Crippen molar-refractivity contribution in [2.75, 3.05) is 132 Å². The van der Waals surface area contributed by atoms with Crippen molar-refractivity contribution in [2.45, 2.75) is 102 Å². The fraction of sp³-hybridized carbons (Fsp3) is 0.348. The Morgan fingerprint density at radius 2 is 0.676 bits per heavy atom. The molecule has 0 saturated carbocycles. The first kappa shape index (κ1) is 83.8. The van der Waals surface area contributed by atoms with E-state index in [1.807, 2.05) is 81.3 Å². The topological polar surface area (TPSA) is 206 Å². The van der Waals surface area contributed by atoms with Crippen LogP contribution in [0.5, 0.6) is 17.2 Å². The molecule has 3 aliphatic carbocycles. The van der Waals surface area contributed by atoms with E-state index in [0.29, 0.717) is 65.3 Å². The van der Waals surface area contributed by atoms with Gasteiger partial charge in [0.05, 0.1) is 66.0 Å². The summed E-state index contributed by atoms with van der Waals surface area (Å²) in [6.07, 6.45) is 3.35.